The highest BCUT2D eigenvalue weighted by atomic mass is 35.5. The normalized spacial score (nSPS) is 20.0. The van der Waals surface area contributed by atoms with E-state index in [1.807, 2.05) is 24.3 Å². The molecular weight excluding hydrogens is 268 g/mol. The summed E-state index contributed by atoms with van der Waals surface area (Å²) in [5, 5.41) is 0.0449. The van der Waals surface area contributed by atoms with Crippen molar-refractivity contribution in [3.05, 3.63) is 65.7 Å². The monoisotopic (exact) mass is 286 g/mol. The summed E-state index contributed by atoms with van der Waals surface area (Å²) in [4.78, 5) is 0. The largest absolute Gasteiger partial charge is 0.490 e. The van der Waals surface area contributed by atoms with Crippen LogP contribution in [0.25, 0.3) is 0 Å². The van der Waals surface area contributed by atoms with E-state index in [2.05, 4.69) is 37.3 Å². The maximum Gasteiger partial charge on any atom is 0.123 e. The fraction of sp³-hybridized carbons (Fsp3) is 0.333. The number of ether oxygens (including phenoxy) is 1. The highest BCUT2D eigenvalue weighted by molar-refractivity contribution is 6.21. The van der Waals surface area contributed by atoms with Gasteiger partial charge in [0.1, 0.15) is 11.9 Å². The molecule has 0 aliphatic carbocycles. The molecule has 1 aliphatic heterocycles. The van der Waals surface area contributed by atoms with E-state index in [0.717, 1.165) is 18.6 Å². The van der Waals surface area contributed by atoms with Gasteiger partial charge >= 0.3 is 0 Å². The van der Waals surface area contributed by atoms with Crippen molar-refractivity contribution in [3.8, 4) is 5.75 Å². The highest BCUT2D eigenvalue weighted by Crippen LogP contribution is 2.36. The van der Waals surface area contributed by atoms with Crippen LogP contribution in [0.15, 0.2) is 54.6 Å². The number of alkyl halides is 1. The summed E-state index contributed by atoms with van der Waals surface area (Å²) >= 11 is 6.59. The summed E-state index contributed by atoms with van der Waals surface area (Å²) in [6, 6.07) is 18.6. The smallest absolute Gasteiger partial charge is 0.123 e. The minimum Gasteiger partial charge on any atom is -0.490 e. The first kappa shape index (κ1) is 13.5. The molecule has 2 aromatic carbocycles. The van der Waals surface area contributed by atoms with Crippen LogP contribution in [0, 0.1) is 5.92 Å². The Bertz CT molecular complexity index is 542. The summed E-state index contributed by atoms with van der Waals surface area (Å²) in [6.45, 7) is 2.21. The van der Waals surface area contributed by atoms with Crippen LogP contribution in [0.3, 0.4) is 0 Å². The number of benzene rings is 2. The molecule has 0 radical (unpaired) electrons. The van der Waals surface area contributed by atoms with Gasteiger partial charge in [-0.1, -0.05) is 55.5 Å². The van der Waals surface area contributed by atoms with Crippen molar-refractivity contribution in [3.63, 3.8) is 0 Å². The van der Waals surface area contributed by atoms with Crippen LogP contribution >= 0.6 is 11.6 Å². The Morgan fingerprint density at radius 1 is 1.10 bits per heavy atom. The Morgan fingerprint density at radius 2 is 1.80 bits per heavy atom. The topological polar surface area (TPSA) is 9.23 Å². The van der Waals surface area contributed by atoms with Gasteiger partial charge in [-0.25, -0.2) is 0 Å². The Kier molecular flexibility index (Phi) is 3.98. The third-order valence-corrected chi connectivity index (χ3v) is 4.65. The lowest BCUT2D eigenvalue weighted by Crippen LogP contribution is -2.19. The summed E-state index contributed by atoms with van der Waals surface area (Å²) in [5.41, 5.74) is 2.51. The maximum atomic E-state index is 6.59. The fourth-order valence-electron chi connectivity index (χ4n) is 2.88. The molecule has 0 N–H and O–H groups in total. The predicted octanol–water partition coefficient (Wildman–Crippen LogP) is 5.00. The SMILES string of the molecule is CC(CC1Cc2ccccc2O1)C(Cl)c1ccccc1. The zero-order valence-electron chi connectivity index (χ0n) is 11.6. The van der Waals surface area contributed by atoms with Crippen molar-refractivity contribution in [2.75, 3.05) is 0 Å². The average Bonchev–Trinajstić information content (AvgIpc) is 2.89. The van der Waals surface area contributed by atoms with Gasteiger partial charge in [-0.05, 0) is 29.5 Å². The van der Waals surface area contributed by atoms with Gasteiger partial charge < -0.3 is 4.74 Å². The molecule has 1 nitrogen and oxygen atoms in total. The average molecular weight is 287 g/mol. The van der Waals surface area contributed by atoms with E-state index in [9.17, 15) is 0 Å². The first-order valence-corrected chi connectivity index (χ1v) is 7.61. The van der Waals surface area contributed by atoms with Gasteiger partial charge in [-0.2, -0.15) is 0 Å². The third-order valence-electron chi connectivity index (χ3n) is 3.97. The van der Waals surface area contributed by atoms with Gasteiger partial charge in [0.05, 0.1) is 5.38 Å². The van der Waals surface area contributed by atoms with Crippen molar-refractivity contribution < 1.29 is 4.74 Å². The van der Waals surface area contributed by atoms with Crippen LogP contribution < -0.4 is 4.74 Å². The van der Waals surface area contributed by atoms with E-state index in [4.69, 9.17) is 16.3 Å². The fourth-order valence-corrected chi connectivity index (χ4v) is 3.13. The number of para-hydroxylation sites is 1. The second-order valence-electron chi connectivity index (χ2n) is 5.58. The Labute approximate surface area is 125 Å². The summed E-state index contributed by atoms with van der Waals surface area (Å²) < 4.78 is 6.00. The zero-order chi connectivity index (χ0) is 13.9. The summed E-state index contributed by atoms with van der Waals surface area (Å²) in [6.07, 6.45) is 2.24. The maximum absolute atomic E-state index is 6.59. The van der Waals surface area contributed by atoms with Gasteiger partial charge in [0, 0.05) is 6.42 Å². The van der Waals surface area contributed by atoms with Gasteiger partial charge in [0.2, 0.25) is 0 Å². The summed E-state index contributed by atoms with van der Waals surface area (Å²) in [5.74, 6) is 1.42. The molecule has 0 saturated heterocycles. The number of hydrogen-bond acceptors (Lipinski definition) is 1. The van der Waals surface area contributed by atoms with E-state index in [-0.39, 0.29) is 11.5 Å². The first-order valence-electron chi connectivity index (χ1n) is 7.17. The lowest BCUT2D eigenvalue weighted by molar-refractivity contribution is 0.196. The van der Waals surface area contributed by atoms with Crippen molar-refractivity contribution >= 4 is 11.6 Å². The molecule has 0 amide bonds. The number of fused-ring (bicyclic) bond motifs is 1. The van der Waals surface area contributed by atoms with E-state index in [0.29, 0.717) is 5.92 Å². The molecule has 1 heterocycles. The van der Waals surface area contributed by atoms with Crippen LogP contribution in [-0.4, -0.2) is 6.10 Å². The Hall–Kier alpha value is -1.47. The molecule has 0 spiro atoms. The molecule has 3 unspecified atom stereocenters. The van der Waals surface area contributed by atoms with Crippen molar-refractivity contribution in [2.24, 2.45) is 5.92 Å². The highest BCUT2D eigenvalue weighted by Gasteiger charge is 2.27. The molecule has 1 aliphatic rings. The second kappa shape index (κ2) is 5.88. The van der Waals surface area contributed by atoms with E-state index in [1.54, 1.807) is 0 Å². The van der Waals surface area contributed by atoms with Crippen LogP contribution in [0.5, 0.6) is 5.75 Å². The standard InChI is InChI=1S/C18H19ClO/c1-13(18(19)14-7-3-2-4-8-14)11-16-12-15-9-5-6-10-17(15)20-16/h2-10,13,16,18H,11-12H2,1H3. The van der Waals surface area contributed by atoms with Crippen LogP contribution in [0.2, 0.25) is 0 Å². The molecule has 3 rings (SSSR count). The van der Waals surface area contributed by atoms with E-state index >= 15 is 0 Å². The molecule has 20 heavy (non-hydrogen) atoms. The third kappa shape index (κ3) is 2.83. The van der Waals surface area contributed by atoms with E-state index in [1.165, 1.54) is 11.1 Å². The molecular formula is C18H19ClO. The Morgan fingerprint density at radius 3 is 2.55 bits per heavy atom. The van der Waals surface area contributed by atoms with Crippen LogP contribution in [0.1, 0.15) is 29.8 Å². The minimum absolute atomic E-state index is 0.0449. The van der Waals surface area contributed by atoms with Crippen molar-refractivity contribution in [1.29, 1.82) is 0 Å². The lowest BCUT2D eigenvalue weighted by Gasteiger charge is -2.21. The molecule has 0 bridgehead atoms. The van der Waals surface area contributed by atoms with Crippen LogP contribution in [0.4, 0.5) is 0 Å². The quantitative estimate of drug-likeness (QED) is 0.719. The predicted molar refractivity (Wildman–Crippen MR) is 83.4 cm³/mol. The second-order valence-corrected chi connectivity index (χ2v) is 6.05. The first-order chi connectivity index (χ1) is 9.74. The van der Waals surface area contributed by atoms with Gasteiger partial charge in [0.15, 0.2) is 0 Å². The zero-order valence-corrected chi connectivity index (χ0v) is 12.4. The van der Waals surface area contributed by atoms with Crippen LogP contribution in [-0.2, 0) is 6.42 Å². The Balaban J connectivity index is 1.62. The van der Waals surface area contributed by atoms with Gasteiger partial charge in [0.25, 0.3) is 0 Å². The molecule has 0 saturated carbocycles. The molecule has 0 fully saturated rings. The lowest BCUT2D eigenvalue weighted by atomic mass is 9.93. The van der Waals surface area contributed by atoms with E-state index < -0.39 is 0 Å². The number of hydrogen-bond donors (Lipinski definition) is 0. The van der Waals surface area contributed by atoms with Crippen molar-refractivity contribution in [2.45, 2.75) is 31.2 Å². The molecule has 104 valence electrons. The van der Waals surface area contributed by atoms with Gasteiger partial charge in [-0.15, -0.1) is 11.6 Å². The number of halogens is 1. The molecule has 3 atom stereocenters. The minimum atomic E-state index is 0.0449. The van der Waals surface area contributed by atoms with Gasteiger partial charge in [-0.3, -0.25) is 0 Å². The van der Waals surface area contributed by atoms with Crippen molar-refractivity contribution in [1.82, 2.24) is 0 Å². The molecule has 2 heteroatoms. The number of rotatable bonds is 4. The molecule has 0 aromatic heterocycles. The summed E-state index contributed by atoms with van der Waals surface area (Å²) in [7, 11) is 0. The molecule has 2 aromatic rings.